The molecule has 0 spiro atoms. The van der Waals surface area contributed by atoms with Gasteiger partial charge in [0.15, 0.2) is 12.6 Å². The third-order valence-corrected chi connectivity index (χ3v) is 16.5. The van der Waals surface area contributed by atoms with E-state index in [0.717, 1.165) is 32.1 Å². The van der Waals surface area contributed by atoms with Crippen molar-refractivity contribution in [2.45, 2.75) is 199 Å². The Morgan fingerprint density at radius 2 is 1.49 bits per heavy atom. The molecule has 5 fully saturated rings. The van der Waals surface area contributed by atoms with E-state index >= 15 is 0 Å². The van der Waals surface area contributed by atoms with Crippen LogP contribution in [-0.4, -0.2) is 138 Å². The third kappa shape index (κ3) is 7.10. The van der Waals surface area contributed by atoms with Crippen molar-refractivity contribution in [1.82, 2.24) is 0 Å². The van der Waals surface area contributed by atoms with Crippen molar-refractivity contribution in [1.29, 1.82) is 0 Å². The summed E-state index contributed by atoms with van der Waals surface area (Å²) in [7, 11) is 0. The number of ether oxygens (including phenoxy) is 4. The average Bonchev–Trinajstić information content (AvgIpc) is 3.38. The summed E-state index contributed by atoms with van der Waals surface area (Å²) in [6, 6.07) is 0. The Bertz CT molecular complexity index is 1380. The lowest BCUT2D eigenvalue weighted by Gasteiger charge is -2.67. The summed E-state index contributed by atoms with van der Waals surface area (Å²) >= 11 is 0. The topological polar surface area (TPSA) is 219 Å². The normalized spacial score (nSPS) is 51.0. The fourth-order valence-electron chi connectivity index (χ4n) is 12.6. The van der Waals surface area contributed by atoms with Crippen molar-refractivity contribution < 1.29 is 64.9 Å². The van der Waals surface area contributed by atoms with Gasteiger partial charge in [-0.25, -0.2) is 0 Å². The lowest BCUT2D eigenvalue weighted by atomic mass is 9.38. The number of hydrogen-bond donors (Lipinski definition) is 9. The molecular formula is C42H72O13. The number of hydrogen-bond acceptors (Lipinski definition) is 13. The van der Waals surface area contributed by atoms with Gasteiger partial charge in [0.1, 0.15) is 42.7 Å². The van der Waals surface area contributed by atoms with Crippen LogP contribution in [0.1, 0.15) is 114 Å². The quantitative estimate of drug-likeness (QED) is 0.145. The van der Waals surface area contributed by atoms with E-state index in [4.69, 9.17) is 18.9 Å². The zero-order valence-corrected chi connectivity index (χ0v) is 34.4. The van der Waals surface area contributed by atoms with E-state index in [2.05, 4.69) is 47.6 Å². The molecule has 0 aromatic heterocycles. The van der Waals surface area contributed by atoms with Gasteiger partial charge in [-0.05, 0) is 107 Å². The highest BCUT2D eigenvalue weighted by Gasteiger charge is 2.70. The van der Waals surface area contributed by atoms with Crippen molar-refractivity contribution >= 4 is 0 Å². The summed E-state index contributed by atoms with van der Waals surface area (Å²) in [5, 5.41) is 97.5. The van der Waals surface area contributed by atoms with Crippen molar-refractivity contribution in [3.8, 4) is 0 Å². The minimum Gasteiger partial charge on any atom is -0.394 e. The highest BCUT2D eigenvalue weighted by Crippen LogP contribution is 2.75. The lowest BCUT2D eigenvalue weighted by Crippen LogP contribution is -2.64. The van der Waals surface area contributed by atoms with Crippen LogP contribution in [0.15, 0.2) is 11.6 Å². The van der Waals surface area contributed by atoms with Gasteiger partial charge in [-0.15, -0.1) is 0 Å². The van der Waals surface area contributed by atoms with E-state index in [1.165, 1.54) is 5.57 Å². The molecule has 2 aliphatic heterocycles. The summed E-state index contributed by atoms with van der Waals surface area (Å²) in [5.74, 6) is 1.04. The maximum Gasteiger partial charge on any atom is 0.187 e. The van der Waals surface area contributed by atoms with Gasteiger partial charge in [-0.1, -0.05) is 53.2 Å². The summed E-state index contributed by atoms with van der Waals surface area (Å²) in [5.41, 5.74) is -0.789. The highest BCUT2D eigenvalue weighted by molar-refractivity contribution is 5.31. The Kier molecular flexibility index (Phi) is 12.2. The second-order valence-electron chi connectivity index (χ2n) is 20.2. The van der Waals surface area contributed by atoms with E-state index in [1.807, 2.05) is 0 Å². The van der Waals surface area contributed by atoms with E-state index < -0.39 is 85.8 Å². The van der Waals surface area contributed by atoms with Crippen LogP contribution in [0.2, 0.25) is 0 Å². The Balaban J connectivity index is 1.18. The number of aliphatic hydroxyl groups is 9. The molecule has 20 atom stereocenters. The highest BCUT2D eigenvalue weighted by atomic mass is 16.8. The molecule has 318 valence electrons. The molecule has 13 nitrogen and oxygen atoms in total. The Labute approximate surface area is 327 Å². The maximum absolute atomic E-state index is 12.3. The molecule has 0 bridgehead atoms. The van der Waals surface area contributed by atoms with Gasteiger partial charge in [-0.3, -0.25) is 0 Å². The molecule has 6 rings (SSSR count). The van der Waals surface area contributed by atoms with Crippen LogP contribution in [0, 0.1) is 45.3 Å². The van der Waals surface area contributed by atoms with Gasteiger partial charge in [0, 0.05) is 10.8 Å². The predicted octanol–water partition coefficient (Wildman–Crippen LogP) is 2.15. The molecule has 0 radical (unpaired) electrons. The number of fused-ring (bicyclic) bond motifs is 5. The standard InChI is InChI=1S/C42H72O13/c1-20(22-16-17-40(7)26-13-11-23-24(12-14-27(44)38(23,3)4)42(26,9)28(45)18-41(22,40)8)10-15-29(39(5,6)51)54-37-35(33(49)30(46)21(2)52-37)55-36-34(50)32(48)31(47)25(19-43)53-36/h11,20-22,24-37,43-51H,10,12-19H2,1-9H3. The first-order chi connectivity index (χ1) is 25.4. The molecular weight excluding hydrogens is 712 g/mol. The summed E-state index contributed by atoms with van der Waals surface area (Å²) < 4.78 is 23.9. The van der Waals surface area contributed by atoms with Crippen LogP contribution in [0.3, 0.4) is 0 Å². The van der Waals surface area contributed by atoms with Crippen LogP contribution < -0.4 is 0 Å². The van der Waals surface area contributed by atoms with Gasteiger partial charge in [-0.2, -0.15) is 0 Å². The van der Waals surface area contributed by atoms with Crippen molar-refractivity contribution in [2.75, 3.05) is 6.61 Å². The van der Waals surface area contributed by atoms with Crippen molar-refractivity contribution in [2.24, 2.45) is 45.3 Å². The first-order valence-electron chi connectivity index (χ1n) is 20.9. The first kappa shape index (κ1) is 43.8. The van der Waals surface area contributed by atoms with Crippen LogP contribution in [-0.2, 0) is 18.9 Å². The van der Waals surface area contributed by atoms with Gasteiger partial charge in [0.05, 0.1) is 36.6 Å². The number of aliphatic hydroxyl groups excluding tert-OH is 8. The Hall–Kier alpha value is -0.780. The Morgan fingerprint density at radius 3 is 2.13 bits per heavy atom. The van der Waals surface area contributed by atoms with Gasteiger partial charge < -0.3 is 64.9 Å². The summed E-state index contributed by atoms with van der Waals surface area (Å²) in [6.07, 6.45) is -7.43. The lowest BCUT2D eigenvalue weighted by molar-refractivity contribution is -0.373. The van der Waals surface area contributed by atoms with Crippen molar-refractivity contribution in [3.63, 3.8) is 0 Å². The van der Waals surface area contributed by atoms with Gasteiger partial charge in [0.25, 0.3) is 0 Å². The van der Waals surface area contributed by atoms with E-state index in [9.17, 15) is 46.0 Å². The van der Waals surface area contributed by atoms with Gasteiger partial charge in [0.2, 0.25) is 0 Å². The SMILES string of the molecule is CC(CCC(OC1OC(C)C(O)C(O)C1OC1OC(CO)C(O)C(O)C1O)C(C)(C)O)C1CCC2(C)C3CC=C4C(CCC(O)C4(C)C)C3(C)C(O)CC12C. The van der Waals surface area contributed by atoms with E-state index in [-0.39, 0.29) is 39.6 Å². The van der Waals surface area contributed by atoms with Crippen molar-refractivity contribution in [3.05, 3.63) is 11.6 Å². The zero-order chi connectivity index (χ0) is 40.8. The number of rotatable bonds is 10. The average molecular weight is 785 g/mol. The molecule has 0 aromatic carbocycles. The second-order valence-corrected chi connectivity index (χ2v) is 20.2. The summed E-state index contributed by atoms with van der Waals surface area (Å²) in [6.45, 7) is 17.9. The molecule has 9 N–H and O–H groups in total. The molecule has 6 aliphatic rings. The zero-order valence-electron chi connectivity index (χ0n) is 34.4. The third-order valence-electron chi connectivity index (χ3n) is 16.5. The van der Waals surface area contributed by atoms with E-state index in [1.54, 1.807) is 20.8 Å². The fraction of sp³-hybridized carbons (Fsp3) is 0.952. The first-order valence-corrected chi connectivity index (χ1v) is 20.9. The smallest absolute Gasteiger partial charge is 0.187 e. The molecule has 2 saturated heterocycles. The molecule has 20 unspecified atom stereocenters. The molecule has 55 heavy (non-hydrogen) atoms. The summed E-state index contributed by atoms with van der Waals surface area (Å²) in [4.78, 5) is 0. The van der Waals surface area contributed by atoms with Crippen LogP contribution in [0.5, 0.6) is 0 Å². The molecule has 4 aliphatic carbocycles. The molecule has 0 amide bonds. The van der Waals surface area contributed by atoms with Crippen LogP contribution in [0.4, 0.5) is 0 Å². The minimum absolute atomic E-state index is 0.00763. The van der Waals surface area contributed by atoms with E-state index in [0.29, 0.717) is 31.1 Å². The monoisotopic (exact) mass is 784 g/mol. The fourth-order valence-corrected chi connectivity index (χ4v) is 12.6. The maximum atomic E-state index is 12.3. The molecule has 0 aromatic rings. The van der Waals surface area contributed by atoms with Crippen LogP contribution >= 0.6 is 0 Å². The molecule has 13 heteroatoms. The largest absolute Gasteiger partial charge is 0.394 e. The number of allylic oxidation sites excluding steroid dienone is 1. The molecule has 2 heterocycles. The Morgan fingerprint density at radius 1 is 0.818 bits per heavy atom. The predicted molar refractivity (Wildman–Crippen MR) is 201 cm³/mol. The minimum atomic E-state index is -1.75. The second kappa shape index (κ2) is 15.4. The van der Waals surface area contributed by atoms with Gasteiger partial charge >= 0.3 is 0 Å². The molecule has 3 saturated carbocycles. The van der Waals surface area contributed by atoms with Crippen LogP contribution in [0.25, 0.3) is 0 Å².